The summed E-state index contributed by atoms with van der Waals surface area (Å²) in [4.78, 5) is 24.1. The summed E-state index contributed by atoms with van der Waals surface area (Å²) in [6.07, 6.45) is -1.06. The van der Waals surface area contributed by atoms with E-state index >= 15 is 0 Å². The molecular formula is C17H14F3NO4. The van der Waals surface area contributed by atoms with E-state index in [0.717, 1.165) is 7.05 Å². The fraction of sp³-hybridized carbons (Fsp3) is 0.176. The zero-order valence-electron chi connectivity index (χ0n) is 13.1. The molecule has 0 aliphatic heterocycles. The van der Waals surface area contributed by atoms with Gasteiger partial charge in [0.25, 0.3) is 0 Å². The van der Waals surface area contributed by atoms with Crippen LogP contribution in [0.5, 0.6) is 0 Å². The number of aliphatic carboxylic acids is 1. The number of carboxylic acids is 1. The highest BCUT2D eigenvalue weighted by Gasteiger charge is 2.32. The van der Waals surface area contributed by atoms with E-state index in [1.807, 2.05) is 0 Å². The van der Waals surface area contributed by atoms with Crippen molar-refractivity contribution in [2.45, 2.75) is 12.6 Å². The molecule has 0 fully saturated rings. The summed E-state index contributed by atoms with van der Waals surface area (Å²) in [5, 5.41) is 9.28. The van der Waals surface area contributed by atoms with E-state index in [0.29, 0.717) is 16.5 Å². The first-order chi connectivity index (χ1) is 11.8. The standard InChI is InChI=1S/C17H14F3NO4/c1-21(17(24)25-9-10-5-3-2-4-6-10)15(16(22)23)11-7-13(19)14(20)8-12(11)18/h2-8,15H,9H2,1H3,(H,22,23). The zero-order valence-corrected chi connectivity index (χ0v) is 13.1. The van der Waals surface area contributed by atoms with Crippen LogP contribution in [0.15, 0.2) is 42.5 Å². The van der Waals surface area contributed by atoms with Gasteiger partial charge < -0.3 is 9.84 Å². The van der Waals surface area contributed by atoms with Crippen molar-refractivity contribution >= 4 is 12.1 Å². The number of ether oxygens (including phenoxy) is 1. The Morgan fingerprint density at radius 2 is 1.68 bits per heavy atom. The lowest BCUT2D eigenvalue weighted by Gasteiger charge is -2.25. The first-order valence-corrected chi connectivity index (χ1v) is 7.12. The summed E-state index contributed by atoms with van der Waals surface area (Å²) in [5.74, 6) is -5.79. The number of hydrogen-bond acceptors (Lipinski definition) is 3. The maximum absolute atomic E-state index is 13.9. The Morgan fingerprint density at radius 3 is 2.28 bits per heavy atom. The average molecular weight is 353 g/mol. The third-order valence-electron chi connectivity index (χ3n) is 3.45. The molecule has 0 saturated heterocycles. The maximum atomic E-state index is 13.9. The van der Waals surface area contributed by atoms with Gasteiger partial charge in [0, 0.05) is 18.7 Å². The van der Waals surface area contributed by atoms with Crippen molar-refractivity contribution < 1.29 is 32.6 Å². The van der Waals surface area contributed by atoms with Crippen LogP contribution in [0.4, 0.5) is 18.0 Å². The van der Waals surface area contributed by atoms with Gasteiger partial charge in [-0.05, 0) is 11.6 Å². The summed E-state index contributed by atoms with van der Waals surface area (Å²) >= 11 is 0. The Morgan fingerprint density at radius 1 is 1.08 bits per heavy atom. The molecule has 25 heavy (non-hydrogen) atoms. The van der Waals surface area contributed by atoms with Crippen molar-refractivity contribution in [2.75, 3.05) is 7.05 Å². The van der Waals surface area contributed by atoms with Crippen molar-refractivity contribution in [3.05, 3.63) is 71.0 Å². The molecule has 0 heterocycles. The van der Waals surface area contributed by atoms with Crippen LogP contribution in [0, 0.1) is 17.5 Å². The molecule has 1 amide bonds. The van der Waals surface area contributed by atoms with Crippen molar-refractivity contribution in [2.24, 2.45) is 0 Å². The monoisotopic (exact) mass is 353 g/mol. The van der Waals surface area contributed by atoms with Crippen molar-refractivity contribution in [3.8, 4) is 0 Å². The Hall–Kier alpha value is -3.03. The summed E-state index contributed by atoms with van der Waals surface area (Å²) < 4.78 is 45.2. The molecular weight excluding hydrogens is 339 g/mol. The molecule has 0 bridgehead atoms. The number of benzene rings is 2. The van der Waals surface area contributed by atoms with Crippen LogP contribution in [0.1, 0.15) is 17.2 Å². The maximum Gasteiger partial charge on any atom is 0.410 e. The first-order valence-electron chi connectivity index (χ1n) is 7.12. The fourth-order valence-corrected chi connectivity index (χ4v) is 2.18. The minimum Gasteiger partial charge on any atom is -0.479 e. The second-order valence-electron chi connectivity index (χ2n) is 5.18. The van der Waals surface area contributed by atoms with E-state index < -0.39 is 41.1 Å². The molecule has 132 valence electrons. The highest BCUT2D eigenvalue weighted by molar-refractivity contribution is 5.81. The SMILES string of the molecule is CN(C(=O)OCc1ccccc1)C(C(=O)O)c1cc(F)c(F)cc1F. The topological polar surface area (TPSA) is 66.8 Å². The van der Waals surface area contributed by atoms with Gasteiger partial charge in [-0.25, -0.2) is 22.8 Å². The summed E-state index contributed by atoms with van der Waals surface area (Å²) in [7, 11) is 1.06. The van der Waals surface area contributed by atoms with Gasteiger partial charge in [-0.3, -0.25) is 4.90 Å². The summed E-state index contributed by atoms with van der Waals surface area (Å²) in [5.41, 5.74) is -0.0271. The van der Waals surface area contributed by atoms with Crippen molar-refractivity contribution in [3.63, 3.8) is 0 Å². The number of amides is 1. The highest BCUT2D eigenvalue weighted by Crippen LogP contribution is 2.26. The van der Waals surface area contributed by atoms with Gasteiger partial charge in [0.05, 0.1) is 0 Å². The normalized spacial score (nSPS) is 11.7. The summed E-state index contributed by atoms with van der Waals surface area (Å²) in [6, 6.07) is 7.36. The predicted octanol–water partition coefficient (Wildman–Crippen LogP) is 3.50. The van der Waals surface area contributed by atoms with Gasteiger partial charge in [0.1, 0.15) is 12.4 Å². The molecule has 8 heteroatoms. The minimum atomic E-state index is -1.88. The van der Waals surface area contributed by atoms with Crippen molar-refractivity contribution in [1.82, 2.24) is 4.90 Å². The third-order valence-corrected chi connectivity index (χ3v) is 3.45. The number of likely N-dealkylation sites (N-methyl/N-ethyl adjacent to an activating group) is 1. The van der Waals surface area contributed by atoms with E-state index in [1.165, 1.54) is 0 Å². The van der Waals surface area contributed by atoms with E-state index in [9.17, 15) is 27.9 Å². The number of hydrogen-bond donors (Lipinski definition) is 1. The molecule has 1 atom stereocenters. The Bertz CT molecular complexity index is 783. The smallest absolute Gasteiger partial charge is 0.410 e. The van der Waals surface area contributed by atoms with Crippen molar-refractivity contribution in [1.29, 1.82) is 0 Å². The van der Waals surface area contributed by atoms with E-state index in [1.54, 1.807) is 30.3 Å². The lowest BCUT2D eigenvalue weighted by molar-refractivity contribution is -0.142. The number of carbonyl (C=O) groups excluding carboxylic acids is 1. The average Bonchev–Trinajstić information content (AvgIpc) is 2.58. The second kappa shape index (κ2) is 7.69. The van der Waals surface area contributed by atoms with E-state index in [2.05, 4.69) is 0 Å². The van der Waals surface area contributed by atoms with Gasteiger partial charge >= 0.3 is 12.1 Å². The van der Waals surface area contributed by atoms with Gasteiger partial charge in [-0.2, -0.15) is 0 Å². The zero-order chi connectivity index (χ0) is 18.6. The predicted molar refractivity (Wildman–Crippen MR) is 81.1 cm³/mol. The first kappa shape index (κ1) is 18.3. The number of carbonyl (C=O) groups is 2. The lowest BCUT2D eigenvalue weighted by Crippen LogP contribution is -2.36. The minimum absolute atomic E-state index is 0.128. The van der Waals surface area contributed by atoms with Crippen LogP contribution in [-0.4, -0.2) is 29.1 Å². The molecule has 0 aromatic heterocycles. The van der Waals surface area contributed by atoms with E-state index in [4.69, 9.17) is 4.74 Å². The molecule has 1 unspecified atom stereocenters. The van der Waals surface area contributed by atoms with Gasteiger partial charge in [0.15, 0.2) is 17.7 Å². The molecule has 0 radical (unpaired) electrons. The Labute approximate surface area is 141 Å². The molecule has 0 saturated carbocycles. The summed E-state index contributed by atoms with van der Waals surface area (Å²) in [6.45, 7) is -0.128. The fourth-order valence-electron chi connectivity index (χ4n) is 2.18. The Balaban J connectivity index is 2.20. The van der Waals surface area contributed by atoms with Gasteiger partial charge in [-0.1, -0.05) is 30.3 Å². The molecule has 0 aliphatic carbocycles. The molecule has 2 rings (SSSR count). The number of halogens is 3. The van der Waals surface area contributed by atoms with Crippen LogP contribution in [0.2, 0.25) is 0 Å². The van der Waals surface area contributed by atoms with Crippen LogP contribution in [0.25, 0.3) is 0 Å². The molecule has 0 spiro atoms. The highest BCUT2D eigenvalue weighted by atomic mass is 19.2. The molecule has 1 N–H and O–H groups in total. The largest absolute Gasteiger partial charge is 0.479 e. The lowest BCUT2D eigenvalue weighted by atomic mass is 10.0. The Kier molecular flexibility index (Phi) is 5.63. The molecule has 2 aromatic rings. The molecule has 0 aliphatic rings. The van der Waals surface area contributed by atoms with Crippen LogP contribution >= 0.6 is 0 Å². The van der Waals surface area contributed by atoms with Crippen LogP contribution in [0.3, 0.4) is 0 Å². The number of carboxylic acid groups (broad SMARTS) is 1. The van der Waals surface area contributed by atoms with Crippen LogP contribution in [-0.2, 0) is 16.1 Å². The second-order valence-corrected chi connectivity index (χ2v) is 5.18. The third kappa shape index (κ3) is 4.28. The molecule has 2 aromatic carbocycles. The molecule has 5 nitrogen and oxygen atoms in total. The number of rotatable bonds is 5. The van der Waals surface area contributed by atoms with Crippen LogP contribution < -0.4 is 0 Å². The van der Waals surface area contributed by atoms with Gasteiger partial charge in [-0.15, -0.1) is 0 Å². The number of nitrogens with zero attached hydrogens (tertiary/aromatic N) is 1. The van der Waals surface area contributed by atoms with Gasteiger partial charge in [0.2, 0.25) is 0 Å². The van der Waals surface area contributed by atoms with E-state index in [-0.39, 0.29) is 12.7 Å². The quantitative estimate of drug-likeness (QED) is 0.836.